The van der Waals surface area contributed by atoms with Gasteiger partial charge in [-0.3, -0.25) is 15.2 Å². The van der Waals surface area contributed by atoms with Crippen LogP contribution in [0.5, 0.6) is 0 Å². The highest BCUT2D eigenvalue weighted by molar-refractivity contribution is 5.54. The van der Waals surface area contributed by atoms with Crippen LogP contribution in [0.15, 0.2) is 24.3 Å². The van der Waals surface area contributed by atoms with Crippen molar-refractivity contribution in [3.8, 4) is 0 Å². The van der Waals surface area contributed by atoms with Crippen molar-refractivity contribution in [1.29, 1.82) is 0 Å². The molecule has 0 aliphatic carbocycles. The third-order valence-corrected chi connectivity index (χ3v) is 4.76. The van der Waals surface area contributed by atoms with Gasteiger partial charge in [0, 0.05) is 45.0 Å². The highest BCUT2D eigenvalue weighted by Crippen LogP contribution is 2.19. The standard InChI is InChI=1S/C17H28N4O/c1-22-18-16-4-6-17(7-5-16)21-14-12-20(13-15-21)11-10-19-8-2-3-9-19/h4-7,18H,2-3,8-15H2,1H3. The van der Waals surface area contributed by atoms with E-state index in [0.29, 0.717) is 0 Å². The Kier molecular flexibility index (Phi) is 5.53. The molecule has 0 radical (unpaired) electrons. The zero-order valence-corrected chi connectivity index (χ0v) is 13.6. The average molecular weight is 304 g/mol. The average Bonchev–Trinajstić information content (AvgIpc) is 3.08. The van der Waals surface area contributed by atoms with Crippen molar-refractivity contribution in [2.75, 3.05) is 69.8 Å². The van der Waals surface area contributed by atoms with E-state index < -0.39 is 0 Å². The molecule has 0 amide bonds. The fourth-order valence-electron chi connectivity index (χ4n) is 3.38. The minimum Gasteiger partial charge on any atom is -0.369 e. The summed E-state index contributed by atoms with van der Waals surface area (Å²) in [4.78, 5) is 12.6. The van der Waals surface area contributed by atoms with Gasteiger partial charge in [-0.25, -0.2) is 0 Å². The molecule has 5 nitrogen and oxygen atoms in total. The van der Waals surface area contributed by atoms with E-state index in [1.165, 1.54) is 57.8 Å². The van der Waals surface area contributed by atoms with Crippen molar-refractivity contribution in [3.05, 3.63) is 24.3 Å². The molecule has 22 heavy (non-hydrogen) atoms. The SMILES string of the molecule is CONc1ccc(N2CCN(CCN3CCCC3)CC2)cc1. The smallest absolute Gasteiger partial charge is 0.0636 e. The summed E-state index contributed by atoms with van der Waals surface area (Å²) in [5.41, 5.74) is 5.16. The monoisotopic (exact) mass is 304 g/mol. The molecule has 1 aromatic rings. The summed E-state index contributed by atoms with van der Waals surface area (Å²) in [7, 11) is 1.63. The Morgan fingerprint density at radius 3 is 2.05 bits per heavy atom. The van der Waals surface area contributed by atoms with Crippen LogP contribution in [0.2, 0.25) is 0 Å². The zero-order valence-electron chi connectivity index (χ0n) is 13.6. The Morgan fingerprint density at radius 1 is 0.864 bits per heavy atom. The van der Waals surface area contributed by atoms with Gasteiger partial charge in [0.1, 0.15) is 0 Å². The lowest BCUT2D eigenvalue weighted by Crippen LogP contribution is -2.48. The molecular formula is C17H28N4O. The number of piperazine rings is 1. The second kappa shape index (κ2) is 7.81. The van der Waals surface area contributed by atoms with Gasteiger partial charge in [0.05, 0.1) is 12.8 Å². The molecule has 2 aliphatic rings. The molecular weight excluding hydrogens is 276 g/mol. The number of nitrogens with zero attached hydrogens (tertiary/aromatic N) is 3. The van der Waals surface area contributed by atoms with Crippen molar-refractivity contribution < 1.29 is 4.84 Å². The minimum absolute atomic E-state index is 0.996. The van der Waals surface area contributed by atoms with Gasteiger partial charge in [-0.15, -0.1) is 0 Å². The molecule has 0 unspecified atom stereocenters. The molecule has 0 atom stereocenters. The van der Waals surface area contributed by atoms with Crippen molar-refractivity contribution in [1.82, 2.24) is 9.80 Å². The predicted molar refractivity (Wildman–Crippen MR) is 91.4 cm³/mol. The lowest BCUT2D eigenvalue weighted by Gasteiger charge is -2.36. The molecule has 5 heteroatoms. The van der Waals surface area contributed by atoms with Crippen LogP contribution in [-0.4, -0.2) is 69.3 Å². The summed E-state index contributed by atoms with van der Waals surface area (Å²) in [6.45, 7) is 9.68. The molecule has 2 fully saturated rings. The number of nitrogens with one attached hydrogen (secondary N) is 1. The highest BCUT2D eigenvalue weighted by Gasteiger charge is 2.18. The molecule has 1 aromatic carbocycles. The summed E-state index contributed by atoms with van der Waals surface area (Å²) in [5.74, 6) is 0. The number of anilines is 2. The molecule has 122 valence electrons. The lowest BCUT2D eigenvalue weighted by molar-refractivity contribution is 0.215. The van der Waals surface area contributed by atoms with Crippen LogP contribution < -0.4 is 10.4 Å². The first kappa shape index (κ1) is 15.6. The maximum Gasteiger partial charge on any atom is 0.0636 e. The van der Waals surface area contributed by atoms with E-state index in [4.69, 9.17) is 4.84 Å². The van der Waals surface area contributed by atoms with E-state index in [1.807, 2.05) is 0 Å². The summed E-state index contributed by atoms with van der Waals surface area (Å²) < 4.78 is 0. The van der Waals surface area contributed by atoms with Crippen LogP contribution in [0.4, 0.5) is 11.4 Å². The second-order valence-corrected chi connectivity index (χ2v) is 6.23. The van der Waals surface area contributed by atoms with Gasteiger partial charge in [0.25, 0.3) is 0 Å². The second-order valence-electron chi connectivity index (χ2n) is 6.23. The van der Waals surface area contributed by atoms with Crippen molar-refractivity contribution >= 4 is 11.4 Å². The van der Waals surface area contributed by atoms with Gasteiger partial charge >= 0.3 is 0 Å². The maximum absolute atomic E-state index is 4.92. The van der Waals surface area contributed by atoms with Gasteiger partial charge in [0.15, 0.2) is 0 Å². The highest BCUT2D eigenvalue weighted by atomic mass is 16.6. The van der Waals surface area contributed by atoms with E-state index in [-0.39, 0.29) is 0 Å². The Balaban J connectivity index is 1.42. The van der Waals surface area contributed by atoms with Crippen LogP contribution in [0.3, 0.4) is 0 Å². The van der Waals surface area contributed by atoms with E-state index in [9.17, 15) is 0 Å². The third-order valence-electron chi connectivity index (χ3n) is 4.76. The van der Waals surface area contributed by atoms with Gasteiger partial charge in [0.2, 0.25) is 0 Å². The van der Waals surface area contributed by atoms with Crippen LogP contribution in [-0.2, 0) is 4.84 Å². The minimum atomic E-state index is 0.996. The van der Waals surface area contributed by atoms with Gasteiger partial charge < -0.3 is 9.80 Å². The summed E-state index contributed by atoms with van der Waals surface area (Å²) in [5, 5.41) is 0. The molecule has 1 N–H and O–H groups in total. The molecule has 3 rings (SSSR count). The van der Waals surface area contributed by atoms with Crippen LogP contribution >= 0.6 is 0 Å². The molecule has 0 spiro atoms. The third kappa shape index (κ3) is 4.12. The number of hydrogen-bond donors (Lipinski definition) is 1. The molecule has 2 aliphatic heterocycles. The van der Waals surface area contributed by atoms with E-state index in [0.717, 1.165) is 18.8 Å². The van der Waals surface area contributed by atoms with E-state index >= 15 is 0 Å². The quantitative estimate of drug-likeness (QED) is 0.811. The zero-order chi connectivity index (χ0) is 15.2. The number of hydrogen-bond acceptors (Lipinski definition) is 5. The maximum atomic E-state index is 4.92. The fourth-order valence-corrected chi connectivity index (χ4v) is 3.38. The normalized spacial score (nSPS) is 20.5. The first-order valence-corrected chi connectivity index (χ1v) is 8.44. The van der Waals surface area contributed by atoms with E-state index in [1.54, 1.807) is 7.11 Å². The molecule has 0 aromatic heterocycles. The number of benzene rings is 1. The van der Waals surface area contributed by atoms with Crippen LogP contribution in [0.25, 0.3) is 0 Å². The molecule has 0 saturated carbocycles. The molecule has 0 bridgehead atoms. The van der Waals surface area contributed by atoms with Gasteiger partial charge in [-0.2, -0.15) is 0 Å². The van der Waals surface area contributed by atoms with Crippen molar-refractivity contribution in [2.24, 2.45) is 0 Å². The van der Waals surface area contributed by atoms with Crippen molar-refractivity contribution in [2.45, 2.75) is 12.8 Å². The predicted octanol–water partition coefficient (Wildman–Crippen LogP) is 1.88. The molecule has 2 saturated heterocycles. The summed E-state index contributed by atoms with van der Waals surface area (Å²) in [6.07, 6.45) is 2.78. The fraction of sp³-hybridized carbons (Fsp3) is 0.647. The number of likely N-dealkylation sites (tertiary alicyclic amines) is 1. The number of rotatable bonds is 6. The topological polar surface area (TPSA) is 31.0 Å². The van der Waals surface area contributed by atoms with Gasteiger partial charge in [-0.05, 0) is 50.2 Å². The first-order valence-electron chi connectivity index (χ1n) is 8.44. The largest absolute Gasteiger partial charge is 0.369 e. The summed E-state index contributed by atoms with van der Waals surface area (Å²) in [6, 6.07) is 8.47. The van der Waals surface area contributed by atoms with Crippen LogP contribution in [0.1, 0.15) is 12.8 Å². The Hall–Kier alpha value is -1.30. The van der Waals surface area contributed by atoms with Crippen molar-refractivity contribution in [3.63, 3.8) is 0 Å². The Morgan fingerprint density at radius 2 is 1.45 bits per heavy atom. The Bertz CT molecular complexity index is 436. The summed E-state index contributed by atoms with van der Waals surface area (Å²) >= 11 is 0. The van der Waals surface area contributed by atoms with E-state index in [2.05, 4.69) is 44.4 Å². The van der Waals surface area contributed by atoms with Gasteiger partial charge in [-0.1, -0.05) is 0 Å². The van der Waals surface area contributed by atoms with Crippen LogP contribution in [0, 0.1) is 0 Å². The first-order chi connectivity index (χ1) is 10.8. The lowest BCUT2D eigenvalue weighted by atomic mass is 10.2. The molecule has 2 heterocycles. The Labute approximate surface area is 133 Å².